The second-order valence-corrected chi connectivity index (χ2v) is 20.6. The van der Waals surface area contributed by atoms with E-state index in [-0.39, 0.29) is 42.8 Å². The van der Waals surface area contributed by atoms with Crippen molar-refractivity contribution in [1.82, 2.24) is 24.5 Å². The van der Waals surface area contributed by atoms with Crippen LogP contribution in [0.3, 0.4) is 0 Å². The number of fused-ring (bicyclic) bond motifs is 7. The number of imidazole rings is 1. The Morgan fingerprint density at radius 3 is 2.00 bits per heavy atom. The molecule has 0 N–H and O–H groups in total. The number of furan rings is 1. The summed E-state index contributed by atoms with van der Waals surface area (Å²) in [5.74, 6) is 2.12. The maximum absolute atomic E-state index is 6.81. The molecule has 0 atom stereocenters. The number of hydrogen-bond donors (Lipinski definition) is 0. The van der Waals surface area contributed by atoms with Gasteiger partial charge >= 0.3 is 0 Å². The van der Waals surface area contributed by atoms with Crippen molar-refractivity contribution in [1.29, 1.82) is 0 Å². The zero-order chi connectivity index (χ0) is 47.5. The number of rotatable bonds is 6. The van der Waals surface area contributed by atoms with Gasteiger partial charge in [-0.3, -0.25) is 4.98 Å². The van der Waals surface area contributed by atoms with Crippen molar-refractivity contribution in [2.75, 3.05) is 0 Å². The molecule has 11 aromatic rings. The third kappa shape index (κ3) is 9.02. The monoisotopic (exact) mass is 1080 g/mol. The van der Waals surface area contributed by atoms with Crippen LogP contribution in [0.15, 0.2) is 156 Å². The molecule has 7 aromatic carbocycles. The van der Waals surface area contributed by atoms with Crippen LogP contribution in [0.4, 0.5) is 0 Å². The molecule has 0 unspecified atom stereocenters. The van der Waals surface area contributed by atoms with Crippen molar-refractivity contribution >= 4 is 54.6 Å². The first-order valence-corrected chi connectivity index (χ1v) is 23.8. The molecule has 0 aliphatic rings. The van der Waals surface area contributed by atoms with E-state index in [9.17, 15) is 0 Å². The van der Waals surface area contributed by atoms with Crippen LogP contribution in [-0.4, -0.2) is 24.5 Å². The Morgan fingerprint density at radius 2 is 1.30 bits per heavy atom. The van der Waals surface area contributed by atoms with Crippen molar-refractivity contribution in [2.24, 2.45) is 0 Å². The van der Waals surface area contributed by atoms with Gasteiger partial charge in [0.2, 0.25) is 0 Å². The van der Waals surface area contributed by atoms with Crippen LogP contribution in [0.2, 0.25) is 0 Å². The van der Waals surface area contributed by atoms with Crippen LogP contribution in [0, 0.1) is 12.1 Å². The third-order valence-electron chi connectivity index (χ3n) is 12.9. The minimum absolute atomic E-state index is 0. The maximum Gasteiger partial charge on any atom is 0.134 e. The normalized spacial score (nSPS) is 12.1. The fraction of sp³-hybridized carbons (Fsp3) is 0.226. The molecule has 7 heteroatoms. The van der Waals surface area contributed by atoms with Gasteiger partial charge in [-0.25, -0.2) is 9.97 Å². The molecular weight excluding hydrogens is 1020 g/mol. The molecule has 1 radical (unpaired) electrons. The zero-order valence-electron chi connectivity index (χ0n) is 41.1. The summed E-state index contributed by atoms with van der Waals surface area (Å²) in [6.45, 7) is 22.2. The summed E-state index contributed by atoms with van der Waals surface area (Å²) < 4.78 is 9.22. The molecule has 0 bridgehead atoms. The van der Waals surface area contributed by atoms with E-state index >= 15 is 0 Å². The molecule has 69 heavy (non-hydrogen) atoms. The Balaban J connectivity index is 0.000000296. The first kappa shape index (κ1) is 47.3. The fourth-order valence-electron chi connectivity index (χ4n) is 9.23. The van der Waals surface area contributed by atoms with Crippen molar-refractivity contribution in [3.8, 4) is 39.5 Å². The average molecular weight is 1080 g/mol. The number of hydrogen-bond acceptors (Lipinski definition) is 5. The Bertz CT molecular complexity index is 3620. The van der Waals surface area contributed by atoms with Gasteiger partial charge < -0.3 is 14.0 Å². The number of benzene rings is 7. The molecule has 0 spiro atoms. The first-order chi connectivity index (χ1) is 32.6. The van der Waals surface area contributed by atoms with Gasteiger partial charge in [0, 0.05) is 59.8 Å². The minimum atomic E-state index is -0.157. The predicted molar refractivity (Wildman–Crippen MR) is 283 cm³/mol. The number of pyridine rings is 1. The summed E-state index contributed by atoms with van der Waals surface area (Å²) in [6.07, 6.45) is 3.78. The van der Waals surface area contributed by atoms with Gasteiger partial charge in [-0.15, -0.1) is 54.1 Å². The first-order valence-electron chi connectivity index (χ1n) is 23.8. The quantitative estimate of drug-likeness (QED) is 0.155. The number of aromatic nitrogens is 5. The summed E-state index contributed by atoms with van der Waals surface area (Å²) in [5.41, 5.74) is 14.8. The molecule has 0 amide bonds. The molecule has 0 saturated heterocycles. The van der Waals surface area contributed by atoms with Crippen LogP contribution < -0.4 is 0 Å². The van der Waals surface area contributed by atoms with E-state index in [0.29, 0.717) is 0 Å². The van der Waals surface area contributed by atoms with Crippen molar-refractivity contribution < 1.29 is 24.5 Å². The van der Waals surface area contributed by atoms with Crippen molar-refractivity contribution in [2.45, 2.75) is 91.9 Å². The Labute approximate surface area is 419 Å². The van der Waals surface area contributed by atoms with Crippen LogP contribution in [0.25, 0.3) is 94.1 Å². The van der Waals surface area contributed by atoms with E-state index in [1.165, 1.54) is 38.9 Å². The average Bonchev–Trinajstić information content (AvgIpc) is 3.91. The zero-order valence-corrected chi connectivity index (χ0v) is 43.5. The van der Waals surface area contributed by atoms with Crippen LogP contribution in [0.5, 0.6) is 0 Å². The smallest absolute Gasteiger partial charge is 0.134 e. The molecule has 0 aliphatic heterocycles. The Kier molecular flexibility index (Phi) is 12.7. The summed E-state index contributed by atoms with van der Waals surface area (Å²) >= 11 is 0. The van der Waals surface area contributed by atoms with Gasteiger partial charge in [0.05, 0.1) is 28.0 Å². The summed E-state index contributed by atoms with van der Waals surface area (Å²) in [5, 5.41) is 5.31. The summed E-state index contributed by atoms with van der Waals surface area (Å²) in [6, 6.07) is 55.7. The molecule has 11 rings (SSSR count). The van der Waals surface area contributed by atoms with Crippen LogP contribution in [-0.2, 0) is 30.9 Å². The summed E-state index contributed by atoms with van der Waals surface area (Å²) in [4.78, 5) is 19.5. The standard InChI is InChI=1S/C47H41N4O.C15H16N.Ir/c1-27(2)36-22-31(29-14-9-8-10-15-29)23-37(28(3)4)42(36)51-43-33-17-12-11-16-30(33)20-21-39(43)49-45(51)35-19-13-18-34-38-25-40-32(24-41(38)52-44(34)35)26-48-46(50-40)47(5,6)7;1-15(2,3)13-9-10-16-14(11-13)12-7-5-4-6-8-12;/h8-18,20-28H,1-7H3;4-7,9-11H,1-3H3;/q2*-1;. The van der Waals surface area contributed by atoms with Gasteiger partial charge in [-0.2, -0.15) is 0 Å². The Hall–Kier alpha value is -6.79. The van der Waals surface area contributed by atoms with E-state index in [1.54, 1.807) is 0 Å². The second kappa shape index (κ2) is 18.6. The van der Waals surface area contributed by atoms with Crippen molar-refractivity contribution in [3.05, 3.63) is 187 Å². The second-order valence-electron chi connectivity index (χ2n) is 20.6. The summed E-state index contributed by atoms with van der Waals surface area (Å²) in [7, 11) is 0. The van der Waals surface area contributed by atoms with E-state index < -0.39 is 0 Å². The van der Waals surface area contributed by atoms with E-state index in [2.05, 4.69) is 200 Å². The molecular formula is C62H57IrN5O-2. The van der Waals surface area contributed by atoms with Crippen molar-refractivity contribution in [3.63, 3.8) is 0 Å². The molecule has 4 heterocycles. The Morgan fingerprint density at radius 1 is 0.580 bits per heavy atom. The van der Waals surface area contributed by atoms with Gasteiger partial charge in [0.25, 0.3) is 0 Å². The number of nitrogens with zero attached hydrogens (tertiary/aromatic N) is 5. The maximum atomic E-state index is 6.81. The van der Waals surface area contributed by atoms with E-state index in [4.69, 9.17) is 19.4 Å². The van der Waals surface area contributed by atoms with Gasteiger partial charge in [-0.1, -0.05) is 147 Å². The van der Waals surface area contributed by atoms with Gasteiger partial charge in [-0.05, 0) is 92.5 Å². The fourth-order valence-corrected chi connectivity index (χ4v) is 9.23. The molecule has 0 aliphatic carbocycles. The SMILES string of the molecule is CC(C)(C)c1ccnc(-c2[c-]cccc2)c1.CC(C)c1cc(-c2ccccc2)cc(C(C)C)c1-n1c(-c2[c-]ccc3c2oc2cc4cnc(C(C)(C)C)nc4cc23)nc2ccc3ccccc3c21.[Ir]. The minimum Gasteiger partial charge on any atom is -0.501 e. The third-order valence-corrected chi connectivity index (χ3v) is 12.9. The topological polar surface area (TPSA) is 69.6 Å². The molecule has 347 valence electrons. The van der Waals surface area contributed by atoms with Gasteiger partial charge in [0.1, 0.15) is 11.4 Å². The van der Waals surface area contributed by atoms with E-state index in [0.717, 1.165) is 77.7 Å². The van der Waals surface area contributed by atoms with E-state index in [1.807, 2.05) is 42.7 Å². The molecule has 6 nitrogen and oxygen atoms in total. The molecule has 0 saturated carbocycles. The predicted octanol–water partition coefficient (Wildman–Crippen LogP) is 16.5. The van der Waals surface area contributed by atoms with Gasteiger partial charge in [0.15, 0.2) is 0 Å². The van der Waals surface area contributed by atoms with Crippen LogP contribution in [0.1, 0.15) is 104 Å². The molecule has 4 aromatic heterocycles. The molecule has 0 fully saturated rings. The van der Waals surface area contributed by atoms with Crippen LogP contribution >= 0.6 is 0 Å². The largest absolute Gasteiger partial charge is 0.501 e.